The lowest BCUT2D eigenvalue weighted by Gasteiger charge is -2.25. The third-order valence-corrected chi connectivity index (χ3v) is 8.32. The number of benzene rings is 3. The van der Waals surface area contributed by atoms with Gasteiger partial charge in [0.1, 0.15) is 16.5 Å². The van der Waals surface area contributed by atoms with Gasteiger partial charge in [-0.15, -0.1) is 0 Å². The Hall–Kier alpha value is -3.55. The van der Waals surface area contributed by atoms with Crippen molar-refractivity contribution in [3.8, 4) is 11.5 Å². The summed E-state index contributed by atoms with van der Waals surface area (Å²) >= 11 is 12.2. The normalized spacial score (nSPS) is 12.1. The summed E-state index contributed by atoms with van der Waals surface area (Å²) in [7, 11) is -4.59. The lowest BCUT2D eigenvalue weighted by Crippen LogP contribution is -2.42. The van der Waals surface area contributed by atoms with E-state index in [4.69, 9.17) is 33.0 Å². The number of ether oxygens (including phenoxy) is 1. The fourth-order valence-electron chi connectivity index (χ4n) is 3.68. The first-order valence-corrected chi connectivity index (χ1v) is 14.8. The maximum Gasteiger partial charge on any atom is 0.393 e. The van der Waals surface area contributed by atoms with Crippen LogP contribution >= 0.6 is 23.2 Å². The number of alkyl halides is 3. The largest absolute Gasteiger partial charge is 0.481 e. The second-order valence-corrected chi connectivity index (χ2v) is 12.6. The molecule has 232 valence electrons. The molecule has 0 aromatic heterocycles. The predicted octanol–water partition coefficient (Wildman–Crippen LogP) is 7.38. The number of nitrogens with one attached hydrogen (secondary N) is 2. The molecule has 0 aliphatic carbocycles. The summed E-state index contributed by atoms with van der Waals surface area (Å²) in [6.07, 6.45) is -5.96. The average Bonchev–Trinajstić information content (AvgIpc) is 2.86. The zero-order chi connectivity index (χ0) is 32.3. The molecule has 0 unspecified atom stereocenters. The van der Waals surface area contributed by atoms with E-state index in [2.05, 4.69) is 10.0 Å². The molecule has 1 amide bonds. The number of halogens is 6. The summed E-state index contributed by atoms with van der Waals surface area (Å²) < 4.78 is 87.5. The molecule has 0 fully saturated rings. The van der Waals surface area contributed by atoms with Gasteiger partial charge in [0.05, 0.1) is 28.6 Å². The average molecular weight is 665 g/mol. The predicted molar refractivity (Wildman–Crippen MR) is 153 cm³/mol. The SMILES string of the molecule is CCC(C)(C)NC(=O)c1ccc(Oc2cc(F)c(CC(=O)O)cc2Cl)c(NS(=O)(=O)c2ccc(CC(F)(F)F)cc2Cl)c1. The van der Waals surface area contributed by atoms with Crippen molar-refractivity contribution in [3.05, 3.63) is 81.1 Å². The number of carboxylic acid groups (broad SMARTS) is 1. The van der Waals surface area contributed by atoms with Crippen molar-refractivity contribution >= 4 is 50.8 Å². The minimum atomic E-state index is -4.59. The summed E-state index contributed by atoms with van der Waals surface area (Å²) in [5.74, 6) is -3.35. The zero-order valence-electron chi connectivity index (χ0n) is 22.9. The fraction of sp³-hybridized carbons (Fsp3) is 0.286. The molecule has 0 radical (unpaired) electrons. The number of hydrogen-bond donors (Lipinski definition) is 3. The maximum absolute atomic E-state index is 14.6. The van der Waals surface area contributed by atoms with E-state index in [1.165, 1.54) is 12.1 Å². The Morgan fingerprint density at radius 1 is 0.977 bits per heavy atom. The van der Waals surface area contributed by atoms with E-state index in [0.29, 0.717) is 6.42 Å². The Labute approximate surface area is 255 Å². The number of hydrogen-bond acceptors (Lipinski definition) is 5. The van der Waals surface area contributed by atoms with Crippen molar-refractivity contribution in [1.29, 1.82) is 0 Å². The highest BCUT2D eigenvalue weighted by molar-refractivity contribution is 7.92. The lowest BCUT2D eigenvalue weighted by molar-refractivity contribution is -0.136. The minimum absolute atomic E-state index is 0.00674. The van der Waals surface area contributed by atoms with E-state index >= 15 is 0 Å². The molecule has 3 rings (SSSR count). The van der Waals surface area contributed by atoms with Gasteiger partial charge in [-0.25, -0.2) is 12.8 Å². The number of sulfonamides is 1. The molecule has 0 aliphatic heterocycles. The van der Waals surface area contributed by atoms with Crippen LogP contribution in [-0.4, -0.2) is 37.1 Å². The molecule has 0 aliphatic rings. The van der Waals surface area contributed by atoms with Gasteiger partial charge in [0.2, 0.25) is 0 Å². The number of carbonyl (C=O) groups excluding carboxylic acids is 1. The van der Waals surface area contributed by atoms with E-state index in [1.54, 1.807) is 13.8 Å². The molecule has 0 saturated heterocycles. The van der Waals surface area contributed by atoms with Gasteiger partial charge < -0.3 is 15.2 Å². The molecule has 0 atom stereocenters. The summed E-state index contributed by atoms with van der Waals surface area (Å²) in [5.41, 5.74) is -1.41. The molecular weight excluding hydrogens is 639 g/mol. The van der Waals surface area contributed by atoms with Crippen molar-refractivity contribution in [2.75, 3.05) is 4.72 Å². The van der Waals surface area contributed by atoms with Crippen molar-refractivity contribution < 1.29 is 45.4 Å². The standard InChI is InChI=1S/C28H26Cl2F4N2O6S/c1-4-27(2,3)35-26(39)16-6-7-22(42-23-13-20(31)17(10-18(23)29)12-25(37)38)21(11-16)36-43(40,41)24-8-5-15(9-19(24)30)14-28(32,33)34/h5-11,13,36H,4,12,14H2,1-3H3,(H,35,39)(H,37,38). The number of amides is 1. The molecule has 0 heterocycles. The fourth-order valence-corrected chi connectivity index (χ4v) is 5.53. The van der Waals surface area contributed by atoms with E-state index in [1.807, 2.05) is 6.92 Å². The van der Waals surface area contributed by atoms with Crippen molar-refractivity contribution in [1.82, 2.24) is 5.32 Å². The van der Waals surface area contributed by atoms with Crippen LogP contribution in [0.5, 0.6) is 11.5 Å². The topological polar surface area (TPSA) is 122 Å². The third kappa shape index (κ3) is 9.22. The van der Waals surface area contributed by atoms with Crippen LogP contribution in [-0.2, 0) is 27.7 Å². The van der Waals surface area contributed by atoms with Gasteiger partial charge in [0.25, 0.3) is 15.9 Å². The molecule has 0 spiro atoms. The summed E-state index contributed by atoms with van der Waals surface area (Å²) in [6, 6.07) is 8.28. The molecular formula is C28H26Cl2F4N2O6S. The van der Waals surface area contributed by atoms with Gasteiger partial charge in [-0.05, 0) is 62.2 Å². The molecule has 3 N–H and O–H groups in total. The van der Waals surface area contributed by atoms with Gasteiger partial charge in [-0.2, -0.15) is 13.2 Å². The molecule has 3 aromatic rings. The Morgan fingerprint density at radius 3 is 2.23 bits per heavy atom. The Bertz CT molecular complexity index is 1660. The second-order valence-electron chi connectivity index (χ2n) is 10.1. The van der Waals surface area contributed by atoms with Gasteiger partial charge in [-0.1, -0.05) is 36.2 Å². The highest BCUT2D eigenvalue weighted by atomic mass is 35.5. The van der Waals surface area contributed by atoms with Crippen LogP contribution in [0, 0.1) is 5.82 Å². The van der Waals surface area contributed by atoms with Gasteiger partial charge in [-0.3, -0.25) is 14.3 Å². The molecule has 0 bridgehead atoms. The first-order chi connectivity index (χ1) is 19.8. The van der Waals surface area contributed by atoms with Crippen LogP contribution in [0.25, 0.3) is 0 Å². The van der Waals surface area contributed by atoms with Crippen LogP contribution in [0.1, 0.15) is 48.7 Å². The number of rotatable bonds is 11. The number of carbonyl (C=O) groups is 2. The van der Waals surface area contributed by atoms with Crippen LogP contribution in [0.15, 0.2) is 53.4 Å². The smallest absolute Gasteiger partial charge is 0.393 e. The lowest BCUT2D eigenvalue weighted by atomic mass is 10.0. The van der Waals surface area contributed by atoms with Crippen molar-refractivity contribution in [2.24, 2.45) is 0 Å². The first kappa shape index (κ1) is 33.9. The minimum Gasteiger partial charge on any atom is -0.481 e. The molecule has 15 heteroatoms. The third-order valence-electron chi connectivity index (χ3n) is 6.17. The Balaban J connectivity index is 2.06. The van der Waals surface area contributed by atoms with E-state index in [9.17, 15) is 35.6 Å². The number of anilines is 1. The first-order valence-electron chi connectivity index (χ1n) is 12.5. The van der Waals surface area contributed by atoms with Crippen molar-refractivity contribution in [2.45, 2.75) is 56.6 Å². The molecule has 43 heavy (non-hydrogen) atoms. The van der Waals surface area contributed by atoms with Crippen molar-refractivity contribution in [3.63, 3.8) is 0 Å². The molecule has 8 nitrogen and oxygen atoms in total. The van der Waals surface area contributed by atoms with E-state index in [-0.39, 0.29) is 38.9 Å². The zero-order valence-corrected chi connectivity index (χ0v) is 25.2. The quantitative estimate of drug-likeness (QED) is 0.184. The van der Waals surface area contributed by atoms with Gasteiger partial charge in [0.15, 0.2) is 5.75 Å². The Morgan fingerprint density at radius 2 is 1.65 bits per heavy atom. The van der Waals surface area contributed by atoms with Crippen LogP contribution < -0.4 is 14.8 Å². The number of aliphatic carboxylic acids is 1. The molecule has 3 aromatic carbocycles. The highest BCUT2D eigenvalue weighted by Gasteiger charge is 2.29. The Kier molecular flexibility index (Phi) is 10.2. The van der Waals surface area contributed by atoms with E-state index < -0.39 is 62.2 Å². The van der Waals surface area contributed by atoms with Gasteiger partial charge in [0, 0.05) is 22.7 Å². The summed E-state index contributed by atoms with van der Waals surface area (Å²) in [4.78, 5) is 23.4. The highest BCUT2D eigenvalue weighted by Crippen LogP contribution is 2.38. The molecule has 0 saturated carbocycles. The van der Waals surface area contributed by atoms with Gasteiger partial charge >= 0.3 is 12.1 Å². The van der Waals surface area contributed by atoms with E-state index in [0.717, 1.165) is 36.4 Å². The monoisotopic (exact) mass is 664 g/mol. The van der Waals surface area contributed by atoms with Crippen LogP contribution in [0.3, 0.4) is 0 Å². The number of carboxylic acids is 1. The van der Waals surface area contributed by atoms with Crippen LogP contribution in [0.4, 0.5) is 23.2 Å². The van der Waals surface area contributed by atoms with Crippen LogP contribution in [0.2, 0.25) is 10.0 Å². The summed E-state index contributed by atoms with van der Waals surface area (Å²) in [5, 5.41) is 11.1. The summed E-state index contributed by atoms with van der Waals surface area (Å²) in [6.45, 7) is 5.41. The maximum atomic E-state index is 14.6. The second kappa shape index (κ2) is 13.0.